The quantitative estimate of drug-likeness (QED) is 0.653. The molecule has 0 saturated carbocycles. The van der Waals surface area contributed by atoms with Gasteiger partial charge in [-0.3, -0.25) is 9.59 Å². The number of rotatable bonds is 3. The maximum atomic E-state index is 10.3. The Hall–Kier alpha value is -1.61. The lowest BCUT2D eigenvalue weighted by atomic mass is 10.2. The zero-order chi connectivity index (χ0) is 12.4. The van der Waals surface area contributed by atoms with E-state index in [1.807, 2.05) is 30.3 Å². The number of carboxylic acids is 1. The first kappa shape index (κ1) is 14.4. The SMILES string of the molecule is CCC(=O)O.O=C(Cl)/C=C/c1ccccc1. The second-order valence-corrected chi connectivity index (χ2v) is 3.17. The monoisotopic (exact) mass is 240 g/mol. The van der Waals surface area contributed by atoms with Crippen molar-refractivity contribution >= 4 is 28.9 Å². The summed E-state index contributed by atoms with van der Waals surface area (Å²) in [4.78, 5) is 19.7. The van der Waals surface area contributed by atoms with E-state index in [4.69, 9.17) is 16.7 Å². The van der Waals surface area contributed by atoms with E-state index in [1.54, 1.807) is 13.0 Å². The summed E-state index contributed by atoms with van der Waals surface area (Å²) in [6.07, 6.45) is 3.23. The predicted octanol–water partition coefficient (Wildman–Crippen LogP) is 2.95. The Morgan fingerprint density at radius 1 is 1.31 bits per heavy atom. The van der Waals surface area contributed by atoms with Gasteiger partial charge in [0.25, 0.3) is 0 Å². The minimum Gasteiger partial charge on any atom is -0.481 e. The van der Waals surface area contributed by atoms with Gasteiger partial charge in [0.05, 0.1) is 0 Å². The molecule has 4 heteroatoms. The van der Waals surface area contributed by atoms with Gasteiger partial charge in [0.15, 0.2) is 0 Å². The molecular weight excluding hydrogens is 228 g/mol. The van der Waals surface area contributed by atoms with Crippen molar-refractivity contribution in [2.75, 3.05) is 0 Å². The standard InChI is InChI=1S/C9H7ClO.C3H6O2/c10-9(11)7-6-8-4-2-1-3-5-8;1-2-3(4)5/h1-7H;2H2,1H3,(H,4,5)/b7-6+;. The molecule has 0 radical (unpaired) electrons. The number of allylic oxidation sites excluding steroid dienone is 1. The molecular formula is C12H13ClO3. The van der Waals surface area contributed by atoms with Crippen molar-refractivity contribution in [1.82, 2.24) is 0 Å². The fourth-order valence-electron chi connectivity index (χ4n) is 0.726. The maximum Gasteiger partial charge on any atom is 0.303 e. The highest BCUT2D eigenvalue weighted by Crippen LogP contribution is 2.01. The Kier molecular flexibility index (Phi) is 7.81. The van der Waals surface area contributed by atoms with Crippen molar-refractivity contribution in [2.45, 2.75) is 13.3 Å². The van der Waals surface area contributed by atoms with Crippen molar-refractivity contribution in [3.63, 3.8) is 0 Å². The molecule has 0 bridgehead atoms. The molecule has 0 saturated heterocycles. The van der Waals surface area contributed by atoms with Crippen LogP contribution in [0.1, 0.15) is 18.9 Å². The molecule has 0 aliphatic carbocycles. The van der Waals surface area contributed by atoms with Gasteiger partial charge in [-0.15, -0.1) is 0 Å². The predicted molar refractivity (Wildman–Crippen MR) is 64.3 cm³/mol. The smallest absolute Gasteiger partial charge is 0.303 e. The Bertz CT molecular complexity index is 358. The first-order valence-electron chi connectivity index (χ1n) is 4.70. The van der Waals surface area contributed by atoms with Crippen LogP contribution >= 0.6 is 11.6 Å². The van der Waals surface area contributed by atoms with Gasteiger partial charge < -0.3 is 5.11 Å². The van der Waals surface area contributed by atoms with Gasteiger partial charge in [0.1, 0.15) is 0 Å². The summed E-state index contributed by atoms with van der Waals surface area (Å²) < 4.78 is 0. The highest BCUT2D eigenvalue weighted by Gasteiger charge is 1.85. The lowest BCUT2D eigenvalue weighted by Crippen LogP contribution is -1.86. The van der Waals surface area contributed by atoms with Crippen LogP contribution < -0.4 is 0 Å². The van der Waals surface area contributed by atoms with Gasteiger partial charge in [-0.25, -0.2) is 0 Å². The van der Waals surface area contributed by atoms with Gasteiger partial charge in [0.2, 0.25) is 5.24 Å². The molecule has 1 aromatic rings. The van der Waals surface area contributed by atoms with Crippen LogP contribution in [-0.4, -0.2) is 16.3 Å². The molecule has 1 aromatic carbocycles. The molecule has 0 unspecified atom stereocenters. The molecule has 1 N–H and O–H groups in total. The number of hydrogen-bond acceptors (Lipinski definition) is 2. The number of aliphatic carboxylic acids is 1. The van der Waals surface area contributed by atoms with E-state index >= 15 is 0 Å². The summed E-state index contributed by atoms with van der Waals surface area (Å²) in [6.45, 7) is 1.60. The molecule has 0 atom stereocenters. The Morgan fingerprint density at radius 3 is 2.19 bits per heavy atom. The van der Waals surface area contributed by atoms with E-state index < -0.39 is 11.2 Å². The minimum atomic E-state index is -0.745. The van der Waals surface area contributed by atoms with Crippen LogP contribution in [0, 0.1) is 0 Å². The summed E-state index contributed by atoms with van der Waals surface area (Å²) in [5.74, 6) is -0.745. The summed E-state index contributed by atoms with van der Waals surface area (Å²) >= 11 is 5.10. The molecule has 0 aromatic heterocycles. The molecule has 0 fully saturated rings. The number of benzene rings is 1. The van der Waals surface area contributed by atoms with Crippen LogP contribution in [0.15, 0.2) is 36.4 Å². The van der Waals surface area contributed by atoms with E-state index in [1.165, 1.54) is 6.08 Å². The minimum absolute atomic E-state index is 0.222. The summed E-state index contributed by atoms with van der Waals surface area (Å²) in [7, 11) is 0. The molecule has 1 rings (SSSR count). The van der Waals surface area contributed by atoms with Crippen LogP contribution in [0.5, 0.6) is 0 Å². The largest absolute Gasteiger partial charge is 0.481 e. The molecule has 0 amide bonds. The Morgan fingerprint density at radius 2 is 1.81 bits per heavy atom. The number of carbonyl (C=O) groups excluding carboxylic acids is 1. The van der Waals surface area contributed by atoms with Gasteiger partial charge in [0, 0.05) is 6.42 Å². The van der Waals surface area contributed by atoms with Crippen molar-refractivity contribution in [3.8, 4) is 0 Å². The van der Waals surface area contributed by atoms with E-state index in [-0.39, 0.29) is 6.42 Å². The molecule has 0 aliphatic heterocycles. The average molecular weight is 241 g/mol. The van der Waals surface area contributed by atoms with Crippen LogP contribution in [-0.2, 0) is 9.59 Å². The normalized spacial score (nSPS) is 9.38. The van der Waals surface area contributed by atoms with Crippen LogP contribution in [0.2, 0.25) is 0 Å². The average Bonchev–Trinajstić information content (AvgIpc) is 2.28. The van der Waals surface area contributed by atoms with Crippen molar-refractivity contribution < 1.29 is 14.7 Å². The van der Waals surface area contributed by atoms with E-state index in [2.05, 4.69) is 0 Å². The van der Waals surface area contributed by atoms with Crippen LogP contribution in [0.3, 0.4) is 0 Å². The van der Waals surface area contributed by atoms with Gasteiger partial charge >= 0.3 is 5.97 Å². The van der Waals surface area contributed by atoms with Crippen LogP contribution in [0.25, 0.3) is 6.08 Å². The first-order valence-corrected chi connectivity index (χ1v) is 5.08. The molecule has 3 nitrogen and oxygen atoms in total. The summed E-state index contributed by atoms with van der Waals surface area (Å²) in [6, 6.07) is 9.52. The number of hydrogen-bond donors (Lipinski definition) is 1. The van der Waals surface area contributed by atoms with E-state index in [0.717, 1.165) is 5.56 Å². The van der Waals surface area contributed by atoms with E-state index in [9.17, 15) is 9.59 Å². The highest BCUT2D eigenvalue weighted by molar-refractivity contribution is 6.66. The third kappa shape index (κ3) is 8.97. The van der Waals surface area contributed by atoms with E-state index in [0.29, 0.717) is 0 Å². The second-order valence-electron chi connectivity index (χ2n) is 2.80. The fraction of sp³-hybridized carbons (Fsp3) is 0.167. The lowest BCUT2D eigenvalue weighted by molar-refractivity contribution is -0.136. The summed E-state index contributed by atoms with van der Waals surface area (Å²) in [5, 5.41) is 7.27. The topological polar surface area (TPSA) is 54.4 Å². The lowest BCUT2D eigenvalue weighted by Gasteiger charge is -1.87. The van der Waals surface area contributed by atoms with Gasteiger partial charge in [-0.05, 0) is 23.2 Å². The zero-order valence-corrected chi connectivity index (χ0v) is 9.65. The van der Waals surface area contributed by atoms with Gasteiger partial charge in [-0.1, -0.05) is 43.3 Å². The molecule has 86 valence electrons. The third-order valence-corrected chi connectivity index (χ3v) is 1.63. The molecule has 0 aliphatic rings. The van der Waals surface area contributed by atoms with Crippen LogP contribution in [0.4, 0.5) is 0 Å². The number of carbonyl (C=O) groups is 2. The molecule has 0 heterocycles. The molecule has 16 heavy (non-hydrogen) atoms. The Balaban J connectivity index is 0.000000385. The summed E-state index contributed by atoms with van der Waals surface area (Å²) in [5.41, 5.74) is 0.974. The number of carboxylic acid groups (broad SMARTS) is 1. The van der Waals surface area contributed by atoms with Crippen molar-refractivity contribution in [3.05, 3.63) is 42.0 Å². The number of halogens is 1. The first-order chi connectivity index (χ1) is 7.56. The second kappa shape index (κ2) is 8.68. The highest BCUT2D eigenvalue weighted by atomic mass is 35.5. The third-order valence-electron chi connectivity index (χ3n) is 1.51. The van der Waals surface area contributed by atoms with Crippen molar-refractivity contribution in [1.29, 1.82) is 0 Å². The van der Waals surface area contributed by atoms with Gasteiger partial charge in [-0.2, -0.15) is 0 Å². The fourth-order valence-corrected chi connectivity index (χ4v) is 0.789. The Labute approximate surface area is 99.4 Å². The maximum absolute atomic E-state index is 10.3. The van der Waals surface area contributed by atoms with Crippen molar-refractivity contribution in [2.24, 2.45) is 0 Å². The zero-order valence-electron chi connectivity index (χ0n) is 8.89. The molecule has 0 spiro atoms.